The van der Waals surface area contributed by atoms with Crippen molar-refractivity contribution in [2.24, 2.45) is 5.92 Å². The summed E-state index contributed by atoms with van der Waals surface area (Å²) in [5.74, 6) is -0.734. The zero-order chi connectivity index (χ0) is 19.7. The maximum Gasteiger partial charge on any atom is 0.452 e. The van der Waals surface area contributed by atoms with Gasteiger partial charge in [-0.1, -0.05) is 35.5 Å². The predicted octanol–water partition coefficient (Wildman–Crippen LogP) is 3.11. The quantitative estimate of drug-likeness (QED) is 0.866. The topological polar surface area (TPSA) is 61.6 Å². The Balaban J connectivity index is 1.30. The summed E-state index contributed by atoms with van der Waals surface area (Å²) < 4.78 is 41.9. The first-order chi connectivity index (χ1) is 13.4. The summed E-state index contributed by atoms with van der Waals surface area (Å²) >= 11 is 0. The van der Waals surface area contributed by atoms with E-state index in [9.17, 15) is 18.0 Å². The normalized spacial score (nSPS) is 22.5. The molecule has 4 rings (SSSR count). The second-order valence-corrected chi connectivity index (χ2v) is 7.32. The van der Waals surface area contributed by atoms with Crippen LogP contribution in [-0.2, 0) is 19.3 Å². The van der Waals surface area contributed by atoms with E-state index in [4.69, 9.17) is 0 Å². The van der Waals surface area contributed by atoms with Crippen molar-refractivity contribution in [1.82, 2.24) is 20.3 Å². The molecule has 0 spiro atoms. The molecule has 6 nitrogen and oxygen atoms in total. The molecule has 3 heterocycles. The first-order valence-electron chi connectivity index (χ1n) is 9.23. The molecule has 2 aromatic rings. The van der Waals surface area contributed by atoms with Crippen LogP contribution in [0.1, 0.15) is 23.4 Å². The van der Waals surface area contributed by atoms with Gasteiger partial charge in [0.1, 0.15) is 5.69 Å². The number of hydrogen-bond donors (Lipinski definition) is 1. The first-order valence-corrected chi connectivity index (χ1v) is 9.23. The number of carbonyl (C=O) groups is 1. The SMILES string of the molecule is O=C(NCc1cc(C(F)(F)F)on1)N1C[C@@H]2CCN(Cc3ccccc3)[C@@H]2C1. The van der Waals surface area contributed by atoms with Crippen molar-refractivity contribution in [2.45, 2.75) is 31.7 Å². The molecule has 0 bridgehead atoms. The van der Waals surface area contributed by atoms with Gasteiger partial charge in [0, 0.05) is 31.7 Å². The number of hydrogen-bond acceptors (Lipinski definition) is 4. The lowest BCUT2D eigenvalue weighted by Gasteiger charge is -2.24. The fourth-order valence-corrected chi connectivity index (χ4v) is 4.04. The summed E-state index contributed by atoms with van der Waals surface area (Å²) in [7, 11) is 0. The third-order valence-corrected chi connectivity index (χ3v) is 5.44. The van der Waals surface area contributed by atoms with Gasteiger partial charge < -0.3 is 14.7 Å². The highest BCUT2D eigenvalue weighted by molar-refractivity contribution is 5.74. The fraction of sp³-hybridized carbons (Fsp3) is 0.474. The number of likely N-dealkylation sites (tertiary alicyclic amines) is 2. The number of alkyl halides is 3. The van der Waals surface area contributed by atoms with Gasteiger partial charge in [0.05, 0.1) is 6.54 Å². The number of carbonyl (C=O) groups excluding carboxylic acids is 1. The highest BCUT2D eigenvalue weighted by Crippen LogP contribution is 2.33. The monoisotopic (exact) mass is 394 g/mol. The van der Waals surface area contributed by atoms with Gasteiger partial charge in [-0.15, -0.1) is 0 Å². The number of benzene rings is 1. The molecule has 2 aliphatic rings. The number of aromatic nitrogens is 1. The molecule has 9 heteroatoms. The van der Waals surface area contributed by atoms with E-state index in [0.717, 1.165) is 25.6 Å². The van der Waals surface area contributed by atoms with E-state index < -0.39 is 11.9 Å². The number of nitrogens with one attached hydrogen (secondary N) is 1. The molecular weight excluding hydrogens is 373 g/mol. The van der Waals surface area contributed by atoms with Crippen molar-refractivity contribution in [3.8, 4) is 0 Å². The average Bonchev–Trinajstić information content (AvgIpc) is 3.37. The minimum atomic E-state index is -4.58. The Labute approximate surface area is 160 Å². The molecule has 0 saturated carbocycles. The Hall–Kier alpha value is -2.55. The third kappa shape index (κ3) is 3.99. The van der Waals surface area contributed by atoms with Crippen LogP contribution in [0.25, 0.3) is 0 Å². The largest absolute Gasteiger partial charge is 0.452 e. The summed E-state index contributed by atoms with van der Waals surface area (Å²) in [6, 6.07) is 11.1. The molecule has 2 fully saturated rings. The fourth-order valence-electron chi connectivity index (χ4n) is 4.04. The van der Waals surface area contributed by atoms with E-state index in [1.165, 1.54) is 5.56 Å². The molecule has 2 saturated heterocycles. The smallest absolute Gasteiger partial charge is 0.351 e. The lowest BCUT2D eigenvalue weighted by Crippen LogP contribution is -2.41. The number of halogens is 3. The van der Waals surface area contributed by atoms with E-state index >= 15 is 0 Å². The number of urea groups is 1. The maximum atomic E-state index is 12.5. The summed E-state index contributed by atoms with van der Waals surface area (Å²) in [5, 5.41) is 6.00. The molecule has 2 aliphatic heterocycles. The van der Waals surface area contributed by atoms with Crippen LogP contribution in [0.2, 0.25) is 0 Å². The van der Waals surface area contributed by atoms with Crippen molar-refractivity contribution in [2.75, 3.05) is 19.6 Å². The summed E-state index contributed by atoms with van der Waals surface area (Å²) in [5.41, 5.74) is 1.29. The third-order valence-electron chi connectivity index (χ3n) is 5.44. The number of amides is 2. The van der Waals surface area contributed by atoms with Crippen LogP contribution in [0.5, 0.6) is 0 Å². The van der Waals surface area contributed by atoms with E-state index in [-0.39, 0.29) is 18.3 Å². The van der Waals surface area contributed by atoms with Gasteiger partial charge in [-0.2, -0.15) is 13.2 Å². The zero-order valence-corrected chi connectivity index (χ0v) is 15.2. The number of nitrogens with zero attached hydrogens (tertiary/aromatic N) is 3. The van der Waals surface area contributed by atoms with E-state index in [0.29, 0.717) is 25.0 Å². The van der Waals surface area contributed by atoms with Gasteiger partial charge in [0.2, 0.25) is 5.76 Å². The van der Waals surface area contributed by atoms with Gasteiger partial charge in [0.25, 0.3) is 0 Å². The Morgan fingerprint density at radius 1 is 1.25 bits per heavy atom. The molecular formula is C19H21F3N4O2. The van der Waals surface area contributed by atoms with Gasteiger partial charge >= 0.3 is 12.2 Å². The Morgan fingerprint density at radius 2 is 2.04 bits per heavy atom. The number of fused-ring (bicyclic) bond motifs is 1. The standard InChI is InChI=1S/C19H21F3N4O2/c20-19(21,22)17-8-15(24-28-17)9-23-18(27)26-11-14-6-7-25(16(14)12-26)10-13-4-2-1-3-5-13/h1-5,8,14,16H,6-7,9-12H2,(H,23,27)/t14-,16+/m0/s1. The van der Waals surface area contributed by atoms with Crippen LogP contribution in [0.3, 0.4) is 0 Å². The molecule has 150 valence electrons. The second-order valence-electron chi connectivity index (χ2n) is 7.32. The molecule has 0 radical (unpaired) electrons. The van der Waals surface area contributed by atoms with Crippen LogP contribution >= 0.6 is 0 Å². The van der Waals surface area contributed by atoms with Crippen molar-refractivity contribution >= 4 is 6.03 Å². The lowest BCUT2D eigenvalue weighted by atomic mass is 10.0. The highest BCUT2D eigenvalue weighted by atomic mass is 19.4. The summed E-state index contributed by atoms with van der Waals surface area (Å²) in [4.78, 5) is 16.6. The van der Waals surface area contributed by atoms with E-state index in [1.54, 1.807) is 4.90 Å². The molecule has 28 heavy (non-hydrogen) atoms. The van der Waals surface area contributed by atoms with Gasteiger partial charge in [-0.05, 0) is 24.4 Å². The van der Waals surface area contributed by atoms with Crippen molar-refractivity contribution in [1.29, 1.82) is 0 Å². The summed E-state index contributed by atoms with van der Waals surface area (Å²) in [6.07, 6.45) is -3.54. The zero-order valence-electron chi connectivity index (χ0n) is 15.2. The lowest BCUT2D eigenvalue weighted by molar-refractivity contribution is -0.155. The first kappa shape index (κ1) is 18.8. The van der Waals surface area contributed by atoms with Gasteiger partial charge in [0.15, 0.2) is 0 Å². The van der Waals surface area contributed by atoms with Crippen LogP contribution in [0.4, 0.5) is 18.0 Å². The van der Waals surface area contributed by atoms with Crippen molar-refractivity contribution < 1.29 is 22.5 Å². The molecule has 1 aromatic heterocycles. The highest BCUT2D eigenvalue weighted by Gasteiger charge is 2.42. The van der Waals surface area contributed by atoms with E-state index in [1.807, 2.05) is 18.2 Å². The Kier molecular flexibility index (Phi) is 5.01. The van der Waals surface area contributed by atoms with Gasteiger partial charge in [-0.25, -0.2) is 4.79 Å². The molecule has 1 N–H and O–H groups in total. The predicted molar refractivity (Wildman–Crippen MR) is 94.1 cm³/mol. The second kappa shape index (κ2) is 7.46. The van der Waals surface area contributed by atoms with Crippen LogP contribution in [0.15, 0.2) is 40.9 Å². The minimum absolute atomic E-state index is 0.0470. The molecule has 1 aromatic carbocycles. The average molecular weight is 394 g/mol. The van der Waals surface area contributed by atoms with E-state index in [2.05, 4.69) is 32.0 Å². The minimum Gasteiger partial charge on any atom is -0.351 e. The van der Waals surface area contributed by atoms with Crippen LogP contribution < -0.4 is 5.32 Å². The number of rotatable bonds is 4. The van der Waals surface area contributed by atoms with Crippen molar-refractivity contribution in [3.63, 3.8) is 0 Å². The van der Waals surface area contributed by atoms with Gasteiger partial charge in [-0.3, -0.25) is 4.90 Å². The molecule has 2 atom stereocenters. The Morgan fingerprint density at radius 3 is 2.75 bits per heavy atom. The molecule has 2 amide bonds. The Bertz CT molecular complexity index is 824. The van der Waals surface area contributed by atoms with Crippen LogP contribution in [-0.4, -0.2) is 46.7 Å². The van der Waals surface area contributed by atoms with Crippen molar-refractivity contribution in [3.05, 3.63) is 53.4 Å². The van der Waals surface area contributed by atoms with Crippen LogP contribution in [0, 0.1) is 5.92 Å². The molecule has 0 unspecified atom stereocenters. The summed E-state index contributed by atoms with van der Waals surface area (Å²) in [6.45, 7) is 3.05. The maximum absolute atomic E-state index is 12.5. The molecule has 0 aliphatic carbocycles.